The van der Waals surface area contributed by atoms with Crippen molar-refractivity contribution in [3.8, 4) is 5.75 Å². The Morgan fingerprint density at radius 2 is 1.72 bits per heavy atom. The van der Waals surface area contributed by atoms with Crippen LogP contribution in [0.15, 0.2) is 48.5 Å². The smallest absolute Gasteiger partial charge is 0.254 e. The zero-order valence-corrected chi connectivity index (χ0v) is 14.5. The fraction of sp³-hybridized carbons (Fsp3) is 0.350. The van der Waals surface area contributed by atoms with E-state index in [0.29, 0.717) is 12.2 Å². The van der Waals surface area contributed by atoms with Crippen molar-refractivity contribution in [2.75, 3.05) is 32.8 Å². The summed E-state index contributed by atoms with van der Waals surface area (Å²) in [4.78, 5) is 15.8. The Kier molecular flexibility index (Phi) is 5.66. The number of nitrogens with one attached hydrogen (secondary N) is 1. The molecule has 0 aromatic heterocycles. The lowest BCUT2D eigenvalue weighted by Gasteiger charge is -2.32. The summed E-state index contributed by atoms with van der Waals surface area (Å²) in [6.07, 6.45) is 0. The number of halogens is 1. The average Bonchev–Trinajstić information content (AvgIpc) is 2.64. The number of hydrogen-bond donors (Lipinski definition) is 1. The van der Waals surface area contributed by atoms with Gasteiger partial charge in [0.15, 0.2) is 0 Å². The summed E-state index contributed by atoms with van der Waals surface area (Å²) in [7, 11) is 0. The van der Waals surface area contributed by atoms with Gasteiger partial charge in [-0.2, -0.15) is 0 Å². The van der Waals surface area contributed by atoms with Crippen LogP contribution >= 0.6 is 0 Å². The minimum Gasteiger partial charge on any atom is -0.494 e. The van der Waals surface area contributed by atoms with Crippen molar-refractivity contribution in [2.45, 2.75) is 13.5 Å². The summed E-state index contributed by atoms with van der Waals surface area (Å²) in [5.41, 5.74) is 1.83. The third-order valence-electron chi connectivity index (χ3n) is 4.54. The standard InChI is InChI=1S/C20H23FN2O2/c1-2-25-19-9-3-16(4-10-19)15-22-11-13-23(14-12-22)20(24)17-5-7-18(21)8-6-17/h3-10H,2,11-15H2,1H3/p+1. The van der Waals surface area contributed by atoms with Gasteiger partial charge in [0, 0.05) is 11.1 Å². The number of carbonyl (C=O) groups excluding carboxylic acids is 1. The van der Waals surface area contributed by atoms with Crippen molar-refractivity contribution in [3.05, 3.63) is 65.5 Å². The van der Waals surface area contributed by atoms with E-state index in [-0.39, 0.29) is 11.7 Å². The Bertz CT molecular complexity index is 693. The van der Waals surface area contributed by atoms with E-state index in [1.54, 1.807) is 12.1 Å². The molecule has 2 aromatic rings. The Hall–Kier alpha value is -2.40. The first kappa shape index (κ1) is 17.4. The van der Waals surface area contributed by atoms with Crippen molar-refractivity contribution >= 4 is 5.91 Å². The number of nitrogens with zero attached hydrogens (tertiary/aromatic N) is 1. The predicted octanol–water partition coefficient (Wildman–Crippen LogP) is 1.77. The summed E-state index contributed by atoms with van der Waals surface area (Å²) in [6, 6.07) is 14.0. The van der Waals surface area contributed by atoms with E-state index >= 15 is 0 Å². The number of amides is 1. The Morgan fingerprint density at radius 1 is 1.08 bits per heavy atom. The second kappa shape index (κ2) is 8.12. The van der Waals surface area contributed by atoms with E-state index < -0.39 is 0 Å². The van der Waals surface area contributed by atoms with Gasteiger partial charge in [-0.05, 0) is 55.5 Å². The first-order valence-electron chi connectivity index (χ1n) is 8.76. The van der Waals surface area contributed by atoms with E-state index in [4.69, 9.17) is 4.74 Å². The number of ether oxygens (including phenoxy) is 1. The minimum atomic E-state index is -0.318. The van der Waals surface area contributed by atoms with Crippen LogP contribution < -0.4 is 9.64 Å². The highest BCUT2D eigenvalue weighted by Crippen LogP contribution is 2.11. The maximum atomic E-state index is 13.0. The molecule has 1 fully saturated rings. The predicted molar refractivity (Wildman–Crippen MR) is 94.3 cm³/mol. The van der Waals surface area contributed by atoms with E-state index in [2.05, 4.69) is 12.1 Å². The number of carbonyl (C=O) groups is 1. The molecule has 1 amide bonds. The molecule has 0 unspecified atom stereocenters. The van der Waals surface area contributed by atoms with Crippen molar-refractivity contribution < 1.29 is 18.8 Å². The van der Waals surface area contributed by atoms with Crippen LogP contribution in [0.3, 0.4) is 0 Å². The number of hydrogen-bond acceptors (Lipinski definition) is 2. The van der Waals surface area contributed by atoms with Crippen LogP contribution in [0, 0.1) is 5.82 Å². The van der Waals surface area contributed by atoms with E-state index in [1.807, 2.05) is 24.0 Å². The lowest BCUT2D eigenvalue weighted by molar-refractivity contribution is -0.917. The van der Waals surface area contributed by atoms with Gasteiger partial charge in [-0.3, -0.25) is 4.79 Å². The molecule has 5 heteroatoms. The zero-order valence-electron chi connectivity index (χ0n) is 14.5. The third-order valence-corrected chi connectivity index (χ3v) is 4.54. The van der Waals surface area contributed by atoms with Crippen molar-refractivity contribution in [2.24, 2.45) is 0 Å². The normalized spacial score (nSPS) is 15.2. The maximum Gasteiger partial charge on any atom is 0.254 e. The summed E-state index contributed by atoms with van der Waals surface area (Å²) in [6.45, 7) is 6.88. The summed E-state index contributed by atoms with van der Waals surface area (Å²) in [5, 5.41) is 0. The van der Waals surface area contributed by atoms with Crippen LogP contribution in [0.2, 0.25) is 0 Å². The van der Waals surface area contributed by atoms with Gasteiger partial charge in [-0.25, -0.2) is 4.39 Å². The van der Waals surface area contributed by atoms with Gasteiger partial charge in [0.25, 0.3) is 5.91 Å². The van der Waals surface area contributed by atoms with Crippen LogP contribution in [0.4, 0.5) is 4.39 Å². The van der Waals surface area contributed by atoms with Gasteiger partial charge in [-0.1, -0.05) is 0 Å². The second-order valence-corrected chi connectivity index (χ2v) is 6.30. The van der Waals surface area contributed by atoms with Crippen LogP contribution in [0.1, 0.15) is 22.8 Å². The number of piperazine rings is 1. The Balaban J connectivity index is 1.51. The van der Waals surface area contributed by atoms with Gasteiger partial charge >= 0.3 is 0 Å². The molecule has 0 spiro atoms. The SMILES string of the molecule is CCOc1ccc(C[NH+]2CCN(C(=O)c3ccc(F)cc3)CC2)cc1. The maximum absolute atomic E-state index is 13.0. The Morgan fingerprint density at radius 3 is 2.32 bits per heavy atom. The zero-order chi connectivity index (χ0) is 17.6. The lowest BCUT2D eigenvalue weighted by Crippen LogP contribution is -3.13. The first-order valence-corrected chi connectivity index (χ1v) is 8.76. The van der Waals surface area contributed by atoms with Gasteiger partial charge < -0.3 is 14.5 Å². The monoisotopic (exact) mass is 343 g/mol. The van der Waals surface area contributed by atoms with Gasteiger partial charge in [0.05, 0.1) is 32.8 Å². The quantitative estimate of drug-likeness (QED) is 0.898. The van der Waals surface area contributed by atoms with Crippen molar-refractivity contribution in [1.82, 2.24) is 4.90 Å². The molecule has 0 aliphatic carbocycles. The van der Waals surface area contributed by atoms with Gasteiger partial charge in [0.1, 0.15) is 18.1 Å². The average molecular weight is 343 g/mol. The van der Waals surface area contributed by atoms with Crippen molar-refractivity contribution in [1.29, 1.82) is 0 Å². The molecule has 0 saturated carbocycles. The summed E-state index contributed by atoms with van der Waals surface area (Å²) < 4.78 is 18.4. The number of benzene rings is 2. The molecule has 1 aliphatic rings. The number of quaternary nitrogens is 1. The summed E-state index contributed by atoms with van der Waals surface area (Å²) in [5.74, 6) is 0.567. The molecule has 3 rings (SSSR count). The molecule has 0 atom stereocenters. The summed E-state index contributed by atoms with van der Waals surface area (Å²) >= 11 is 0. The molecule has 1 heterocycles. The van der Waals surface area contributed by atoms with E-state index in [9.17, 15) is 9.18 Å². The molecule has 4 nitrogen and oxygen atoms in total. The minimum absolute atomic E-state index is 0.0138. The first-order chi connectivity index (χ1) is 12.2. The molecule has 1 aliphatic heterocycles. The molecule has 132 valence electrons. The van der Waals surface area contributed by atoms with Crippen LogP contribution in [-0.4, -0.2) is 43.6 Å². The van der Waals surface area contributed by atoms with Gasteiger partial charge in [0.2, 0.25) is 0 Å². The topological polar surface area (TPSA) is 34.0 Å². The highest BCUT2D eigenvalue weighted by molar-refractivity contribution is 5.94. The molecule has 25 heavy (non-hydrogen) atoms. The molecule has 2 aromatic carbocycles. The molecular formula is C20H24FN2O2+. The highest BCUT2D eigenvalue weighted by atomic mass is 19.1. The van der Waals surface area contributed by atoms with Gasteiger partial charge in [-0.15, -0.1) is 0 Å². The van der Waals surface area contributed by atoms with E-state index in [1.165, 1.54) is 22.6 Å². The second-order valence-electron chi connectivity index (χ2n) is 6.30. The van der Waals surface area contributed by atoms with E-state index in [0.717, 1.165) is 38.5 Å². The number of rotatable bonds is 5. The molecule has 1 saturated heterocycles. The van der Waals surface area contributed by atoms with Crippen LogP contribution in [0.5, 0.6) is 5.75 Å². The Labute approximate surface area is 147 Å². The van der Waals surface area contributed by atoms with Crippen LogP contribution in [0.25, 0.3) is 0 Å². The molecule has 0 radical (unpaired) electrons. The fourth-order valence-electron chi connectivity index (χ4n) is 3.14. The molecule has 0 bridgehead atoms. The molecular weight excluding hydrogens is 319 g/mol. The third kappa shape index (κ3) is 4.57. The van der Waals surface area contributed by atoms with Crippen molar-refractivity contribution in [3.63, 3.8) is 0 Å². The highest BCUT2D eigenvalue weighted by Gasteiger charge is 2.24. The van der Waals surface area contributed by atoms with Crippen LogP contribution in [-0.2, 0) is 6.54 Å². The lowest BCUT2D eigenvalue weighted by atomic mass is 10.1. The largest absolute Gasteiger partial charge is 0.494 e. The fourth-order valence-corrected chi connectivity index (χ4v) is 3.14. The molecule has 1 N–H and O–H groups in total.